The molecule has 138 valence electrons. The van der Waals surface area contributed by atoms with Crippen molar-refractivity contribution >= 4 is 34.1 Å². The summed E-state index contributed by atoms with van der Waals surface area (Å²) in [6.45, 7) is 3.96. The van der Waals surface area contributed by atoms with Crippen LogP contribution in [0.1, 0.15) is 21.5 Å². The first-order chi connectivity index (χ1) is 13.6. The predicted octanol–water partition coefficient (Wildman–Crippen LogP) is 5.24. The maximum absolute atomic E-state index is 13.0. The van der Waals surface area contributed by atoms with Gasteiger partial charge in [0.15, 0.2) is 0 Å². The van der Waals surface area contributed by atoms with E-state index in [1.54, 1.807) is 12.3 Å². The lowest BCUT2D eigenvalue weighted by Crippen LogP contribution is -2.15. The Labute approximate surface area is 163 Å². The summed E-state index contributed by atoms with van der Waals surface area (Å²) in [5, 5.41) is 7.18. The van der Waals surface area contributed by atoms with Crippen molar-refractivity contribution in [1.82, 2.24) is 9.97 Å². The molecule has 1 amide bonds. The highest BCUT2D eigenvalue weighted by atomic mass is 16.1. The average molecular weight is 368 g/mol. The Morgan fingerprint density at radius 2 is 1.57 bits per heavy atom. The molecule has 0 saturated carbocycles. The van der Waals surface area contributed by atoms with E-state index >= 15 is 0 Å². The van der Waals surface area contributed by atoms with Crippen molar-refractivity contribution in [3.8, 4) is 0 Å². The van der Waals surface area contributed by atoms with Crippen molar-refractivity contribution in [2.45, 2.75) is 13.8 Å². The van der Waals surface area contributed by atoms with Crippen molar-refractivity contribution in [1.29, 1.82) is 0 Å². The molecule has 4 rings (SSSR count). The standard InChI is InChI=1S/C23H20N4O/c1-15-8-7-9-16(2)21(15)27-22(28)18-11-4-6-13-20(18)26-23-24-14-17-10-3-5-12-19(17)25-23/h3-14H,1-2H3,(H,27,28)(H,24,25,26). The monoisotopic (exact) mass is 368 g/mol. The SMILES string of the molecule is Cc1cccc(C)c1NC(=O)c1ccccc1Nc1ncc2ccccc2n1. The van der Waals surface area contributed by atoms with Gasteiger partial charge in [-0.25, -0.2) is 9.97 Å². The van der Waals surface area contributed by atoms with E-state index in [4.69, 9.17) is 0 Å². The Hall–Kier alpha value is -3.73. The van der Waals surface area contributed by atoms with Crippen molar-refractivity contribution < 1.29 is 4.79 Å². The summed E-state index contributed by atoms with van der Waals surface area (Å²) in [4.78, 5) is 21.8. The summed E-state index contributed by atoms with van der Waals surface area (Å²) in [5.41, 5.74) is 4.92. The Balaban J connectivity index is 1.63. The minimum Gasteiger partial charge on any atom is -0.323 e. The molecule has 1 aromatic heterocycles. The number of rotatable bonds is 4. The predicted molar refractivity (Wildman–Crippen MR) is 113 cm³/mol. The van der Waals surface area contributed by atoms with Gasteiger partial charge in [0.1, 0.15) is 0 Å². The van der Waals surface area contributed by atoms with E-state index in [1.807, 2.05) is 74.5 Å². The van der Waals surface area contributed by atoms with E-state index in [-0.39, 0.29) is 5.91 Å². The quantitative estimate of drug-likeness (QED) is 0.517. The van der Waals surface area contributed by atoms with Crippen LogP contribution in [0.4, 0.5) is 17.3 Å². The second kappa shape index (κ2) is 7.48. The van der Waals surface area contributed by atoms with Gasteiger partial charge in [0.25, 0.3) is 5.91 Å². The van der Waals surface area contributed by atoms with E-state index in [9.17, 15) is 4.79 Å². The van der Waals surface area contributed by atoms with Crippen LogP contribution < -0.4 is 10.6 Å². The van der Waals surface area contributed by atoms with Gasteiger partial charge < -0.3 is 10.6 Å². The van der Waals surface area contributed by atoms with Crippen LogP contribution in [0.5, 0.6) is 0 Å². The Morgan fingerprint density at radius 1 is 0.857 bits per heavy atom. The van der Waals surface area contributed by atoms with Crippen molar-refractivity contribution in [2.24, 2.45) is 0 Å². The Bertz CT molecular complexity index is 1150. The fraction of sp³-hybridized carbons (Fsp3) is 0.0870. The van der Waals surface area contributed by atoms with Gasteiger partial charge in [0.05, 0.1) is 16.8 Å². The molecule has 2 N–H and O–H groups in total. The number of aromatic nitrogens is 2. The summed E-state index contributed by atoms with van der Waals surface area (Å²) < 4.78 is 0. The zero-order valence-electron chi connectivity index (χ0n) is 15.7. The lowest BCUT2D eigenvalue weighted by Gasteiger charge is -2.14. The molecule has 0 aliphatic heterocycles. The summed E-state index contributed by atoms with van der Waals surface area (Å²) >= 11 is 0. The van der Waals surface area contributed by atoms with Gasteiger partial charge in [-0.1, -0.05) is 48.5 Å². The molecule has 5 heteroatoms. The minimum atomic E-state index is -0.179. The van der Waals surface area contributed by atoms with E-state index in [1.165, 1.54) is 0 Å². The first kappa shape index (κ1) is 17.7. The molecule has 28 heavy (non-hydrogen) atoms. The number of carbonyl (C=O) groups is 1. The maximum atomic E-state index is 13.0. The van der Waals surface area contributed by atoms with Crippen LogP contribution in [-0.4, -0.2) is 15.9 Å². The van der Waals surface area contributed by atoms with Gasteiger partial charge in [0.2, 0.25) is 5.95 Å². The van der Waals surface area contributed by atoms with E-state index in [2.05, 4.69) is 20.6 Å². The molecule has 0 saturated heterocycles. The largest absolute Gasteiger partial charge is 0.323 e. The van der Waals surface area contributed by atoms with Crippen LogP contribution in [0.25, 0.3) is 10.9 Å². The van der Waals surface area contributed by atoms with Crippen LogP contribution in [0.2, 0.25) is 0 Å². The Morgan fingerprint density at radius 3 is 2.39 bits per heavy atom. The highest BCUT2D eigenvalue weighted by molar-refractivity contribution is 6.09. The molecule has 1 heterocycles. The first-order valence-corrected chi connectivity index (χ1v) is 9.07. The molecule has 0 bridgehead atoms. The lowest BCUT2D eigenvalue weighted by atomic mass is 10.1. The molecule has 0 aliphatic carbocycles. The third-order valence-corrected chi connectivity index (χ3v) is 4.63. The van der Waals surface area contributed by atoms with Gasteiger partial charge in [-0.2, -0.15) is 0 Å². The van der Waals surface area contributed by atoms with Gasteiger partial charge >= 0.3 is 0 Å². The van der Waals surface area contributed by atoms with Crippen LogP contribution in [-0.2, 0) is 0 Å². The van der Waals surface area contributed by atoms with Crippen molar-refractivity contribution in [3.63, 3.8) is 0 Å². The third kappa shape index (κ3) is 3.55. The number of hydrogen-bond donors (Lipinski definition) is 2. The van der Waals surface area contributed by atoms with Crippen molar-refractivity contribution in [2.75, 3.05) is 10.6 Å². The number of anilines is 3. The zero-order chi connectivity index (χ0) is 19.5. The van der Waals surface area contributed by atoms with Crippen LogP contribution in [0.15, 0.2) is 72.9 Å². The highest BCUT2D eigenvalue weighted by Gasteiger charge is 2.14. The molecule has 3 aromatic carbocycles. The second-order valence-electron chi connectivity index (χ2n) is 6.64. The lowest BCUT2D eigenvalue weighted by molar-refractivity contribution is 0.102. The summed E-state index contributed by atoms with van der Waals surface area (Å²) in [6, 6.07) is 21.1. The molecule has 4 aromatic rings. The fourth-order valence-electron chi connectivity index (χ4n) is 3.14. The zero-order valence-corrected chi connectivity index (χ0v) is 15.7. The smallest absolute Gasteiger partial charge is 0.257 e. The highest BCUT2D eigenvalue weighted by Crippen LogP contribution is 2.24. The van der Waals surface area contributed by atoms with E-state index in [0.29, 0.717) is 17.2 Å². The van der Waals surface area contributed by atoms with Crippen LogP contribution >= 0.6 is 0 Å². The number of nitrogens with zero attached hydrogens (tertiary/aromatic N) is 2. The van der Waals surface area contributed by atoms with Gasteiger partial charge in [-0.05, 0) is 43.2 Å². The second-order valence-corrected chi connectivity index (χ2v) is 6.64. The van der Waals surface area contributed by atoms with E-state index in [0.717, 1.165) is 27.7 Å². The van der Waals surface area contributed by atoms with Gasteiger partial charge in [-0.3, -0.25) is 4.79 Å². The average Bonchev–Trinajstić information content (AvgIpc) is 2.71. The number of nitrogens with one attached hydrogen (secondary N) is 2. The molecule has 0 aliphatic rings. The molecule has 0 atom stereocenters. The third-order valence-electron chi connectivity index (χ3n) is 4.63. The molecule has 0 radical (unpaired) electrons. The fourth-order valence-corrected chi connectivity index (χ4v) is 3.14. The van der Waals surface area contributed by atoms with Gasteiger partial charge in [0, 0.05) is 17.3 Å². The minimum absolute atomic E-state index is 0.179. The molecular weight excluding hydrogens is 348 g/mol. The number of aryl methyl sites for hydroxylation is 2. The maximum Gasteiger partial charge on any atom is 0.257 e. The van der Waals surface area contributed by atoms with E-state index < -0.39 is 0 Å². The number of benzene rings is 3. The number of carbonyl (C=O) groups excluding carboxylic acids is 1. The molecule has 0 spiro atoms. The summed E-state index contributed by atoms with van der Waals surface area (Å²) in [6.07, 6.45) is 1.77. The summed E-state index contributed by atoms with van der Waals surface area (Å²) in [5.74, 6) is 0.271. The number of amides is 1. The van der Waals surface area contributed by atoms with Crippen LogP contribution in [0.3, 0.4) is 0 Å². The molecular formula is C23H20N4O. The number of hydrogen-bond acceptors (Lipinski definition) is 4. The van der Waals surface area contributed by atoms with Gasteiger partial charge in [-0.15, -0.1) is 0 Å². The first-order valence-electron chi connectivity index (χ1n) is 9.07. The van der Waals surface area contributed by atoms with Crippen LogP contribution in [0, 0.1) is 13.8 Å². The topological polar surface area (TPSA) is 66.9 Å². The normalized spacial score (nSPS) is 10.6. The number of para-hydroxylation sites is 3. The number of fused-ring (bicyclic) bond motifs is 1. The molecule has 0 unspecified atom stereocenters. The van der Waals surface area contributed by atoms with Crippen molar-refractivity contribution in [3.05, 3.63) is 89.6 Å². The molecule has 5 nitrogen and oxygen atoms in total. The summed E-state index contributed by atoms with van der Waals surface area (Å²) in [7, 11) is 0. The Kier molecular flexibility index (Phi) is 4.72. The molecule has 0 fully saturated rings.